The molecule has 4 nitrogen and oxygen atoms in total. The van der Waals surface area contributed by atoms with Gasteiger partial charge in [0.05, 0.1) is 11.4 Å². The number of fused-ring (bicyclic) bond motifs is 1. The van der Waals surface area contributed by atoms with Crippen LogP contribution in [0.3, 0.4) is 0 Å². The molecule has 1 aliphatic heterocycles. The SMILES string of the molecule is CC(C)c1nc2c(c(-c3ccc(O)cc3)n1)CN(Cc1ccc(F)cc1)CC2. The predicted molar refractivity (Wildman–Crippen MR) is 107 cm³/mol. The minimum absolute atomic E-state index is 0.211. The van der Waals surface area contributed by atoms with Crippen LogP contribution >= 0.6 is 0 Å². The smallest absolute Gasteiger partial charge is 0.131 e. The van der Waals surface area contributed by atoms with Crippen LogP contribution in [0.5, 0.6) is 5.75 Å². The van der Waals surface area contributed by atoms with Crippen LogP contribution in [0.1, 0.15) is 42.4 Å². The van der Waals surface area contributed by atoms with Crippen LogP contribution in [0, 0.1) is 5.82 Å². The summed E-state index contributed by atoms with van der Waals surface area (Å²) in [6.45, 7) is 6.63. The molecule has 1 N–H and O–H groups in total. The molecular weight excluding hydrogens is 353 g/mol. The zero-order chi connectivity index (χ0) is 19.7. The molecule has 0 atom stereocenters. The van der Waals surface area contributed by atoms with Crippen molar-refractivity contribution in [3.05, 3.63) is 77.0 Å². The number of aromatic hydroxyl groups is 1. The summed E-state index contributed by atoms with van der Waals surface area (Å²) in [5.41, 5.74) is 5.27. The maximum Gasteiger partial charge on any atom is 0.131 e. The monoisotopic (exact) mass is 377 g/mol. The number of halogens is 1. The first kappa shape index (κ1) is 18.6. The van der Waals surface area contributed by atoms with E-state index in [-0.39, 0.29) is 17.5 Å². The Labute approximate surface area is 164 Å². The van der Waals surface area contributed by atoms with E-state index in [1.165, 1.54) is 12.1 Å². The number of rotatable bonds is 4. The standard InChI is InChI=1S/C23H24FN3O/c1-15(2)23-25-21-11-12-27(13-16-3-7-18(24)8-4-16)14-20(21)22(26-23)17-5-9-19(28)10-6-17/h3-10,15,28H,11-14H2,1-2H3. The first-order chi connectivity index (χ1) is 13.5. The minimum Gasteiger partial charge on any atom is -0.508 e. The van der Waals surface area contributed by atoms with Gasteiger partial charge < -0.3 is 5.11 Å². The van der Waals surface area contributed by atoms with E-state index in [4.69, 9.17) is 9.97 Å². The lowest BCUT2D eigenvalue weighted by atomic mass is 9.98. The molecule has 0 fully saturated rings. The van der Waals surface area contributed by atoms with Crippen molar-refractivity contribution >= 4 is 0 Å². The predicted octanol–water partition coefficient (Wildman–Crippen LogP) is 4.67. The molecule has 0 amide bonds. The van der Waals surface area contributed by atoms with Crippen molar-refractivity contribution in [3.8, 4) is 17.0 Å². The van der Waals surface area contributed by atoms with Gasteiger partial charge in [0.15, 0.2) is 0 Å². The number of nitrogens with zero attached hydrogens (tertiary/aromatic N) is 3. The van der Waals surface area contributed by atoms with Crippen LogP contribution in [0.2, 0.25) is 0 Å². The number of benzene rings is 2. The summed E-state index contributed by atoms with van der Waals surface area (Å²) < 4.78 is 13.2. The fourth-order valence-electron chi connectivity index (χ4n) is 3.59. The van der Waals surface area contributed by atoms with E-state index >= 15 is 0 Å². The number of hydrogen-bond donors (Lipinski definition) is 1. The van der Waals surface area contributed by atoms with Crippen LogP contribution in [0.4, 0.5) is 4.39 Å². The molecule has 0 unspecified atom stereocenters. The van der Waals surface area contributed by atoms with Gasteiger partial charge in [0.25, 0.3) is 0 Å². The Morgan fingerprint density at radius 1 is 1.04 bits per heavy atom. The Bertz CT molecular complexity index is 968. The second kappa shape index (κ2) is 7.68. The minimum atomic E-state index is -0.211. The molecule has 0 saturated carbocycles. The van der Waals surface area contributed by atoms with Crippen LogP contribution in [-0.4, -0.2) is 26.5 Å². The lowest BCUT2D eigenvalue weighted by Crippen LogP contribution is -2.32. The molecule has 0 aliphatic carbocycles. The van der Waals surface area contributed by atoms with Gasteiger partial charge in [0.1, 0.15) is 17.4 Å². The Morgan fingerprint density at radius 2 is 1.75 bits per heavy atom. The third kappa shape index (κ3) is 3.90. The highest BCUT2D eigenvalue weighted by molar-refractivity contribution is 5.65. The average molecular weight is 377 g/mol. The van der Waals surface area contributed by atoms with Crippen molar-refractivity contribution in [2.45, 2.75) is 39.3 Å². The largest absolute Gasteiger partial charge is 0.508 e. The summed E-state index contributed by atoms with van der Waals surface area (Å²) in [5, 5.41) is 9.64. The molecular formula is C23H24FN3O. The van der Waals surface area contributed by atoms with Gasteiger partial charge in [-0.1, -0.05) is 26.0 Å². The molecule has 0 saturated heterocycles. The van der Waals surface area contributed by atoms with Crippen LogP contribution in [-0.2, 0) is 19.5 Å². The van der Waals surface area contributed by atoms with Crippen molar-refractivity contribution in [3.63, 3.8) is 0 Å². The van der Waals surface area contributed by atoms with Gasteiger partial charge in [-0.15, -0.1) is 0 Å². The Morgan fingerprint density at radius 3 is 2.43 bits per heavy atom. The summed E-state index contributed by atoms with van der Waals surface area (Å²) in [4.78, 5) is 12.0. The second-order valence-corrected chi connectivity index (χ2v) is 7.64. The Hall–Kier alpha value is -2.79. The first-order valence-electron chi connectivity index (χ1n) is 9.65. The van der Waals surface area contributed by atoms with Crippen molar-refractivity contribution < 1.29 is 9.50 Å². The van der Waals surface area contributed by atoms with Crippen molar-refractivity contribution in [2.75, 3.05) is 6.54 Å². The highest BCUT2D eigenvalue weighted by Gasteiger charge is 2.24. The Kier molecular flexibility index (Phi) is 5.09. The third-order valence-electron chi connectivity index (χ3n) is 5.13. The third-order valence-corrected chi connectivity index (χ3v) is 5.13. The molecule has 1 aliphatic rings. The van der Waals surface area contributed by atoms with Crippen LogP contribution < -0.4 is 0 Å². The van der Waals surface area contributed by atoms with E-state index in [0.29, 0.717) is 0 Å². The van der Waals surface area contributed by atoms with E-state index in [1.807, 2.05) is 24.3 Å². The average Bonchev–Trinajstić information content (AvgIpc) is 2.69. The van der Waals surface area contributed by atoms with Gasteiger partial charge in [-0.25, -0.2) is 14.4 Å². The normalized spacial score (nSPS) is 14.3. The molecule has 4 rings (SSSR count). The highest BCUT2D eigenvalue weighted by atomic mass is 19.1. The van der Waals surface area contributed by atoms with E-state index in [1.54, 1.807) is 12.1 Å². The van der Waals surface area contributed by atoms with Crippen LogP contribution in [0.25, 0.3) is 11.3 Å². The number of phenols is 1. The molecule has 2 heterocycles. The lowest BCUT2D eigenvalue weighted by molar-refractivity contribution is 0.243. The summed E-state index contributed by atoms with van der Waals surface area (Å²) in [5.74, 6) is 1.14. The maximum absolute atomic E-state index is 13.2. The molecule has 0 spiro atoms. The quantitative estimate of drug-likeness (QED) is 0.718. The summed E-state index contributed by atoms with van der Waals surface area (Å²) in [6, 6.07) is 13.9. The molecule has 0 radical (unpaired) electrons. The van der Waals surface area contributed by atoms with E-state index in [2.05, 4.69) is 18.7 Å². The highest BCUT2D eigenvalue weighted by Crippen LogP contribution is 2.31. The van der Waals surface area contributed by atoms with Gasteiger partial charge in [0, 0.05) is 43.1 Å². The van der Waals surface area contributed by atoms with Gasteiger partial charge in [-0.3, -0.25) is 4.90 Å². The second-order valence-electron chi connectivity index (χ2n) is 7.64. The molecule has 5 heteroatoms. The van der Waals surface area contributed by atoms with Gasteiger partial charge in [0.2, 0.25) is 0 Å². The zero-order valence-electron chi connectivity index (χ0n) is 16.2. The summed E-state index contributed by atoms with van der Waals surface area (Å²) in [7, 11) is 0. The number of hydrogen-bond acceptors (Lipinski definition) is 4. The lowest BCUT2D eigenvalue weighted by Gasteiger charge is -2.30. The first-order valence-corrected chi connectivity index (χ1v) is 9.65. The fraction of sp³-hybridized carbons (Fsp3) is 0.304. The van der Waals surface area contributed by atoms with Gasteiger partial charge in [-0.2, -0.15) is 0 Å². The van der Waals surface area contributed by atoms with Gasteiger partial charge in [-0.05, 0) is 42.0 Å². The topological polar surface area (TPSA) is 49.3 Å². The van der Waals surface area contributed by atoms with Crippen molar-refractivity contribution in [1.82, 2.24) is 14.9 Å². The van der Waals surface area contributed by atoms with E-state index in [0.717, 1.165) is 60.0 Å². The number of aromatic nitrogens is 2. The maximum atomic E-state index is 13.2. The summed E-state index contributed by atoms with van der Waals surface area (Å²) >= 11 is 0. The molecule has 3 aromatic rings. The zero-order valence-corrected chi connectivity index (χ0v) is 16.2. The van der Waals surface area contributed by atoms with Crippen molar-refractivity contribution in [1.29, 1.82) is 0 Å². The molecule has 0 bridgehead atoms. The number of phenolic OH excluding ortho intramolecular Hbond substituents is 1. The van der Waals surface area contributed by atoms with E-state index < -0.39 is 0 Å². The van der Waals surface area contributed by atoms with Crippen molar-refractivity contribution in [2.24, 2.45) is 0 Å². The Balaban J connectivity index is 1.68. The van der Waals surface area contributed by atoms with Gasteiger partial charge >= 0.3 is 0 Å². The fourth-order valence-corrected chi connectivity index (χ4v) is 3.59. The van der Waals surface area contributed by atoms with Crippen LogP contribution in [0.15, 0.2) is 48.5 Å². The molecule has 28 heavy (non-hydrogen) atoms. The molecule has 1 aromatic heterocycles. The molecule has 144 valence electrons. The van der Waals surface area contributed by atoms with E-state index in [9.17, 15) is 9.50 Å². The molecule has 2 aromatic carbocycles. The summed E-state index contributed by atoms with van der Waals surface area (Å²) in [6.07, 6.45) is 0.865.